The Morgan fingerprint density at radius 3 is 2.19 bits per heavy atom. The molecular weight excluding hydrogens is 260 g/mol. The monoisotopic (exact) mass is 274 g/mol. The molecule has 1 heterocycles. The van der Waals surface area contributed by atoms with Crippen LogP contribution in [0.4, 0.5) is 0 Å². The SMILES string of the molecule is Cc1nccc(C(=O)c2ccc(-c3ccccc3)cc2)n1. The molecular formula is C18H14N2O. The molecule has 102 valence electrons. The van der Waals surface area contributed by atoms with Crippen LogP contribution in [-0.2, 0) is 0 Å². The molecule has 3 aromatic rings. The zero-order valence-corrected chi connectivity index (χ0v) is 11.7. The van der Waals surface area contributed by atoms with Crippen molar-refractivity contribution in [3.05, 3.63) is 83.9 Å². The standard InChI is InChI=1S/C18H14N2O/c1-13-19-12-11-17(20-13)18(21)16-9-7-15(8-10-16)14-5-3-2-4-6-14/h2-12H,1H3. The van der Waals surface area contributed by atoms with E-state index in [0.29, 0.717) is 17.1 Å². The summed E-state index contributed by atoms with van der Waals surface area (Å²) in [5.74, 6) is 0.516. The van der Waals surface area contributed by atoms with Crippen LogP contribution in [-0.4, -0.2) is 15.8 Å². The van der Waals surface area contributed by atoms with Gasteiger partial charge in [-0.1, -0.05) is 54.6 Å². The first-order chi connectivity index (χ1) is 10.2. The second-order valence-electron chi connectivity index (χ2n) is 4.76. The lowest BCUT2D eigenvalue weighted by molar-refractivity contribution is 0.103. The van der Waals surface area contributed by atoms with Crippen molar-refractivity contribution in [3.63, 3.8) is 0 Å². The molecule has 0 amide bonds. The Balaban J connectivity index is 1.89. The molecule has 3 nitrogen and oxygen atoms in total. The van der Waals surface area contributed by atoms with Gasteiger partial charge >= 0.3 is 0 Å². The van der Waals surface area contributed by atoms with Crippen LogP contribution in [0, 0.1) is 6.92 Å². The zero-order chi connectivity index (χ0) is 14.7. The smallest absolute Gasteiger partial charge is 0.211 e. The van der Waals surface area contributed by atoms with E-state index in [-0.39, 0.29) is 5.78 Å². The lowest BCUT2D eigenvalue weighted by Crippen LogP contribution is -2.05. The Morgan fingerprint density at radius 2 is 1.52 bits per heavy atom. The predicted octanol–water partition coefficient (Wildman–Crippen LogP) is 3.68. The van der Waals surface area contributed by atoms with E-state index in [2.05, 4.69) is 9.97 Å². The molecule has 3 heteroatoms. The Labute approximate surface area is 123 Å². The number of aryl methyl sites for hydroxylation is 1. The van der Waals surface area contributed by atoms with Crippen LogP contribution in [0.2, 0.25) is 0 Å². The predicted molar refractivity (Wildman–Crippen MR) is 82.1 cm³/mol. The largest absolute Gasteiger partial charge is 0.287 e. The Bertz CT molecular complexity index is 765. The van der Waals surface area contributed by atoms with Crippen LogP contribution in [0.5, 0.6) is 0 Å². The van der Waals surface area contributed by atoms with Crippen molar-refractivity contribution in [3.8, 4) is 11.1 Å². The number of hydrogen-bond acceptors (Lipinski definition) is 3. The van der Waals surface area contributed by atoms with Crippen molar-refractivity contribution in [2.24, 2.45) is 0 Å². The van der Waals surface area contributed by atoms with E-state index in [9.17, 15) is 4.79 Å². The summed E-state index contributed by atoms with van der Waals surface area (Å²) < 4.78 is 0. The third-order valence-electron chi connectivity index (χ3n) is 3.26. The molecule has 0 saturated heterocycles. The summed E-state index contributed by atoms with van der Waals surface area (Å²) in [5, 5.41) is 0. The van der Waals surface area contributed by atoms with Gasteiger partial charge in [-0.15, -0.1) is 0 Å². The van der Waals surface area contributed by atoms with Crippen LogP contribution in [0.15, 0.2) is 66.9 Å². The lowest BCUT2D eigenvalue weighted by atomic mass is 10.0. The van der Waals surface area contributed by atoms with E-state index < -0.39 is 0 Å². The Kier molecular flexibility index (Phi) is 3.56. The van der Waals surface area contributed by atoms with Crippen LogP contribution in [0.1, 0.15) is 21.9 Å². The number of hydrogen-bond donors (Lipinski definition) is 0. The van der Waals surface area contributed by atoms with Gasteiger partial charge in [0.15, 0.2) is 0 Å². The maximum absolute atomic E-state index is 12.4. The number of rotatable bonds is 3. The Hall–Kier alpha value is -2.81. The van der Waals surface area contributed by atoms with Crippen molar-refractivity contribution in [1.29, 1.82) is 0 Å². The van der Waals surface area contributed by atoms with E-state index in [1.807, 2.05) is 54.6 Å². The van der Waals surface area contributed by atoms with Gasteiger partial charge in [-0.05, 0) is 24.1 Å². The van der Waals surface area contributed by atoms with Gasteiger partial charge in [0.25, 0.3) is 0 Å². The van der Waals surface area contributed by atoms with Gasteiger partial charge in [-0.3, -0.25) is 4.79 Å². The first-order valence-corrected chi connectivity index (χ1v) is 6.74. The van der Waals surface area contributed by atoms with Crippen LogP contribution in [0.3, 0.4) is 0 Å². The lowest BCUT2D eigenvalue weighted by Gasteiger charge is -2.04. The highest BCUT2D eigenvalue weighted by Gasteiger charge is 2.11. The van der Waals surface area contributed by atoms with Gasteiger partial charge < -0.3 is 0 Å². The molecule has 0 bridgehead atoms. The van der Waals surface area contributed by atoms with E-state index >= 15 is 0 Å². The molecule has 0 N–H and O–H groups in total. The quantitative estimate of drug-likeness (QED) is 0.684. The van der Waals surface area contributed by atoms with Crippen molar-refractivity contribution < 1.29 is 4.79 Å². The molecule has 0 aliphatic rings. The minimum Gasteiger partial charge on any atom is -0.287 e. The van der Waals surface area contributed by atoms with E-state index in [0.717, 1.165) is 11.1 Å². The number of nitrogens with zero attached hydrogens (tertiary/aromatic N) is 2. The summed E-state index contributed by atoms with van der Waals surface area (Å²) in [4.78, 5) is 20.5. The first kappa shape index (κ1) is 13.2. The highest BCUT2D eigenvalue weighted by Crippen LogP contribution is 2.20. The van der Waals surface area contributed by atoms with Crippen molar-refractivity contribution >= 4 is 5.78 Å². The number of carbonyl (C=O) groups excluding carboxylic acids is 1. The molecule has 0 fully saturated rings. The fourth-order valence-corrected chi connectivity index (χ4v) is 2.18. The average Bonchev–Trinajstić information content (AvgIpc) is 2.55. The van der Waals surface area contributed by atoms with Gasteiger partial charge in [0.2, 0.25) is 5.78 Å². The molecule has 3 rings (SSSR count). The van der Waals surface area contributed by atoms with Gasteiger partial charge in [-0.25, -0.2) is 9.97 Å². The zero-order valence-electron chi connectivity index (χ0n) is 11.7. The minimum absolute atomic E-state index is 0.0832. The van der Waals surface area contributed by atoms with E-state index in [1.165, 1.54) is 0 Å². The van der Waals surface area contributed by atoms with E-state index in [1.54, 1.807) is 19.2 Å². The first-order valence-electron chi connectivity index (χ1n) is 6.74. The minimum atomic E-state index is -0.0832. The molecule has 0 unspecified atom stereocenters. The summed E-state index contributed by atoms with van der Waals surface area (Å²) in [6, 6.07) is 19.3. The highest BCUT2D eigenvalue weighted by molar-refractivity contribution is 6.07. The van der Waals surface area contributed by atoms with Crippen LogP contribution in [0.25, 0.3) is 11.1 Å². The molecule has 0 radical (unpaired) electrons. The number of aromatic nitrogens is 2. The maximum atomic E-state index is 12.4. The van der Waals surface area contributed by atoms with Gasteiger partial charge in [0, 0.05) is 11.8 Å². The number of benzene rings is 2. The normalized spacial score (nSPS) is 10.3. The van der Waals surface area contributed by atoms with Crippen molar-refractivity contribution in [2.75, 3.05) is 0 Å². The topological polar surface area (TPSA) is 42.9 Å². The number of ketones is 1. The molecule has 0 spiro atoms. The van der Waals surface area contributed by atoms with Crippen molar-refractivity contribution in [2.45, 2.75) is 6.92 Å². The second-order valence-corrected chi connectivity index (χ2v) is 4.76. The second kappa shape index (κ2) is 5.67. The highest BCUT2D eigenvalue weighted by atomic mass is 16.1. The van der Waals surface area contributed by atoms with Gasteiger partial charge in [0.05, 0.1) is 0 Å². The van der Waals surface area contributed by atoms with E-state index in [4.69, 9.17) is 0 Å². The third-order valence-corrected chi connectivity index (χ3v) is 3.26. The van der Waals surface area contributed by atoms with Gasteiger partial charge in [-0.2, -0.15) is 0 Å². The van der Waals surface area contributed by atoms with Gasteiger partial charge in [0.1, 0.15) is 11.5 Å². The summed E-state index contributed by atoms with van der Waals surface area (Å²) in [6.45, 7) is 1.77. The summed E-state index contributed by atoms with van der Waals surface area (Å²) in [7, 11) is 0. The Morgan fingerprint density at radius 1 is 0.857 bits per heavy atom. The van der Waals surface area contributed by atoms with Crippen LogP contribution < -0.4 is 0 Å². The third kappa shape index (κ3) is 2.87. The molecule has 0 saturated carbocycles. The average molecular weight is 274 g/mol. The van der Waals surface area contributed by atoms with Crippen LogP contribution >= 0.6 is 0 Å². The number of carbonyl (C=O) groups is 1. The van der Waals surface area contributed by atoms with Crippen molar-refractivity contribution in [1.82, 2.24) is 9.97 Å². The fraction of sp³-hybridized carbons (Fsp3) is 0.0556. The maximum Gasteiger partial charge on any atom is 0.211 e. The molecule has 0 aliphatic carbocycles. The fourth-order valence-electron chi connectivity index (χ4n) is 2.18. The molecule has 1 aromatic heterocycles. The summed E-state index contributed by atoms with van der Waals surface area (Å²) >= 11 is 0. The molecule has 2 aromatic carbocycles. The summed E-state index contributed by atoms with van der Waals surface area (Å²) in [5.41, 5.74) is 3.28. The molecule has 0 aliphatic heterocycles. The molecule has 0 atom stereocenters. The summed E-state index contributed by atoms with van der Waals surface area (Å²) in [6.07, 6.45) is 1.61. The molecule has 21 heavy (non-hydrogen) atoms.